The summed E-state index contributed by atoms with van der Waals surface area (Å²) < 4.78 is 3.42. The Morgan fingerprint density at radius 2 is 2.15 bits per heavy atom. The molecule has 0 bridgehead atoms. The van der Waals surface area contributed by atoms with Gasteiger partial charge in [0.25, 0.3) is 0 Å². The third kappa shape index (κ3) is 0.906. The zero-order valence-electron chi connectivity index (χ0n) is 7.19. The summed E-state index contributed by atoms with van der Waals surface area (Å²) in [6.07, 6.45) is 2.07. The summed E-state index contributed by atoms with van der Waals surface area (Å²) >= 11 is 1.74. The molecule has 3 rings (SSSR count). The second-order valence-electron chi connectivity index (χ2n) is 3.12. The van der Waals surface area contributed by atoms with Crippen molar-refractivity contribution in [2.75, 3.05) is 0 Å². The van der Waals surface area contributed by atoms with Gasteiger partial charge in [0.15, 0.2) is 5.65 Å². The highest BCUT2D eigenvalue weighted by atomic mass is 32.1. The van der Waals surface area contributed by atoms with Crippen LogP contribution in [0.1, 0.15) is 5.69 Å². The van der Waals surface area contributed by atoms with Gasteiger partial charge in [0, 0.05) is 11.6 Å². The van der Waals surface area contributed by atoms with Gasteiger partial charge in [-0.05, 0) is 19.1 Å². The van der Waals surface area contributed by atoms with E-state index in [1.54, 1.807) is 11.5 Å². The first-order valence-corrected chi connectivity index (χ1v) is 4.96. The van der Waals surface area contributed by atoms with Gasteiger partial charge in [-0.2, -0.15) is 0 Å². The highest BCUT2D eigenvalue weighted by Gasteiger charge is 2.05. The molecule has 0 amide bonds. The molecule has 3 aromatic rings. The van der Waals surface area contributed by atoms with Crippen LogP contribution in [0.5, 0.6) is 0 Å². The topological polar surface area (TPSA) is 17.3 Å². The maximum Gasteiger partial charge on any atom is 0.155 e. The first-order valence-electron chi connectivity index (χ1n) is 4.18. The van der Waals surface area contributed by atoms with Crippen LogP contribution in [0.25, 0.3) is 15.7 Å². The van der Waals surface area contributed by atoms with Crippen LogP contribution in [-0.2, 0) is 0 Å². The lowest BCUT2D eigenvalue weighted by Crippen LogP contribution is -1.69. The second-order valence-corrected chi connectivity index (χ2v) is 4.13. The quantitative estimate of drug-likeness (QED) is 0.530. The predicted octanol–water partition coefficient (Wildman–Crippen LogP) is 2.86. The summed E-state index contributed by atoms with van der Waals surface area (Å²) in [7, 11) is 0. The minimum absolute atomic E-state index is 1.08. The molecule has 2 nitrogen and oxygen atoms in total. The zero-order chi connectivity index (χ0) is 8.84. The molecule has 3 heteroatoms. The van der Waals surface area contributed by atoms with E-state index in [2.05, 4.69) is 39.2 Å². The SMILES string of the molecule is Cc1cn2sc3ccccc3c2n1. The Kier molecular flexibility index (Phi) is 1.27. The Bertz CT molecular complexity index is 577. The average molecular weight is 188 g/mol. The van der Waals surface area contributed by atoms with E-state index in [-0.39, 0.29) is 0 Å². The van der Waals surface area contributed by atoms with Gasteiger partial charge in [-0.3, -0.25) is 3.79 Å². The van der Waals surface area contributed by atoms with Gasteiger partial charge >= 0.3 is 0 Å². The Labute approximate surface area is 79.6 Å². The molecule has 0 aliphatic heterocycles. The predicted molar refractivity (Wildman–Crippen MR) is 55.3 cm³/mol. The number of nitrogens with zero attached hydrogens (tertiary/aromatic N) is 2. The smallest absolute Gasteiger partial charge is 0.155 e. The Balaban J connectivity index is 2.60. The van der Waals surface area contributed by atoms with Crippen LogP contribution in [0.2, 0.25) is 0 Å². The van der Waals surface area contributed by atoms with E-state index in [0.29, 0.717) is 0 Å². The Morgan fingerprint density at radius 3 is 3.08 bits per heavy atom. The first kappa shape index (κ1) is 7.09. The number of aromatic nitrogens is 2. The molecule has 0 radical (unpaired) electrons. The summed E-state index contributed by atoms with van der Waals surface area (Å²) in [6, 6.07) is 8.36. The maximum atomic E-state index is 4.47. The van der Waals surface area contributed by atoms with Gasteiger partial charge in [-0.1, -0.05) is 23.7 Å². The number of rotatable bonds is 0. The number of fused-ring (bicyclic) bond motifs is 3. The van der Waals surface area contributed by atoms with Gasteiger partial charge in [0.2, 0.25) is 0 Å². The molecule has 0 N–H and O–H groups in total. The molecule has 0 aliphatic carbocycles. The van der Waals surface area contributed by atoms with Crippen molar-refractivity contribution < 1.29 is 0 Å². The molecule has 64 valence electrons. The summed E-state index contributed by atoms with van der Waals surface area (Å²) in [5, 5.41) is 1.25. The van der Waals surface area contributed by atoms with Crippen molar-refractivity contribution in [1.82, 2.24) is 8.77 Å². The van der Waals surface area contributed by atoms with Crippen molar-refractivity contribution in [1.29, 1.82) is 0 Å². The van der Waals surface area contributed by atoms with Crippen LogP contribution in [0, 0.1) is 6.92 Å². The first-order chi connectivity index (χ1) is 6.34. The molecular formula is C10H8N2S. The van der Waals surface area contributed by atoms with Crippen molar-refractivity contribution in [2.45, 2.75) is 6.92 Å². The molecule has 13 heavy (non-hydrogen) atoms. The molecule has 1 aromatic carbocycles. The second kappa shape index (κ2) is 2.33. The summed E-state index contributed by atoms with van der Waals surface area (Å²) in [4.78, 5) is 4.47. The van der Waals surface area contributed by atoms with E-state index < -0.39 is 0 Å². The molecule has 0 saturated carbocycles. The molecule has 0 spiro atoms. The van der Waals surface area contributed by atoms with Crippen molar-refractivity contribution in [3.8, 4) is 0 Å². The maximum absolute atomic E-state index is 4.47. The van der Waals surface area contributed by atoms with Gasteiger partial charge in [0.05, 0.1) is 10.4 Å². The minimum atomic E-state index is 1.08. The van der Waals surface area contributed by atoms with Crippen LogP contribution < -0.4 is 0 Å². The monoisotopic (exact) mass is 188 g/mol. The molecular weight excluding hydrogens is 180 g/mol. The van der Waals surface area contributed by atoms with Gasteiger partial charge in [-0.15, -0.1) is 0 Å². The van der Waals surface area contributed by atoms with Crippen molar-refractivity contribution in [3.05, 3.63) is 36.2 Å². The van der Waals surface area contributed by atoms with Crippen LogP contribution in [0.15, 0.2) is 30.5 Å². The average Bonchev–Trinajstić information content (AvgIpc) is 2.60. The molecule has 0 unspecified atom stereocenters. The van der Waals surface area contributed by atoms with Crippen molar-refractivity contribution in [2.24, 2.45) is 0 Å². The molecule has 2 aromatic heterocycles. The van der Waals surface area contributed by atoms with E-state index >= 15 is 0 Å². The van der Waals surface area contributed by atoms with Gasteiger partial charge in [-0.25, -0.2) is 4.98 Å². The lowest BCUT2D eigenvalue weighted by atomic mass is 10.3. The van der Waals surface area contributed by atoms with E-state index in [4.69, 9.17) is 0 Å². The molecule has 0 saturated heterocycles. The fraction of sp³-hybridized carbons (Fsp3) is 0.100. The lowest BCUT2D eigenvalue weighted by Gasteiger charge is -1.83. The fourth-order valence-electron chi connectivity index (χ4n) is 1.56. The number of hydrogen-bond donors (Lipinski definition) is 0. The van der Waals surface area contributed by atoms with Crippen LogP contribution in [0.3, 0.4) is 0 Å². The third-order valence-electron chi connectivity index (χ3n) is 2.12. The number of benzene rings is 1. The normalized spacial score (nSPS) is 11.5. The minimum Gasteiger partial charge on any atom is -0.254 e. The van der Waals surface area contributed by atoms with E-state index in [0.717, 1.165) is 11.3 Å². The van der Waals surface area contributed by atoms with Gasteiger partial charge < -0.3 is 0 Å². The van der Waals surface area contributed by atoms with Crippen LogP contribution in [-0.4, -0.2) is 8.77 Å². The van der Waals surface area contributed by atoms with Gasteiger partial charge in [0.1, 0.15) is 0 Å². The Morgan fingerprint density at radius 1 is 1.31 bits per heavy atom. The summed E-state index contributed by atoms with van der Waals surface area (Å²) in [5.74, 6) is 0. The molecule has 0 atom stereocenters. The third-order valence-corrected chi connectivity index (χ3v) is 3.15. The highest BCUT2D eigenvalue weighted by Crippen LogP contribution is 2.25. The number of imidazole rings is 1. The van der Waals surface area contributed by atoms with Crippen molar-refractivity contribution >= 4 is 27.3 Å². The number of aryl methyl sites for hydroxylation is 1. The van der Waals surface area contributed by atoms with E-state index in [1.807, 2.05) is 6.92 Å². The largest absolute Gasteiger partial charge is 0.254 e. The molecule has 0 fully saturated rings. The van der Waals surface area contributed by atoms with Crippen LogP contribution >= 0.6 is 11.5 Å². The lowest BCUT2D eigenvalue weighted by molar-refractivity contribution is 1.30. The van der Waals surface area contributed by atoms with Crippen LogP contribution in [0.4, 0.5) is 0 Å². The Hall–Kier alpha value is -1.35. The summed E-state index contributed by atoms with van der Waals surface area (Å²) in [5.41, 5.74) is 2.16. The van der Waals surface area contributed by atoms with Crippen molar-refractivity contribution in [3.63, 3.8) is 0 Å². The molecule has 0 aliphatic rings. The zero-order valence-corrected chi connectivity index (χ0v) is 8.01. The van der Waals surface area contributed by atoms with E-state index in [9.17, 15) is 0 Å². The molecule has 2 heterocycles. The highest BCUT2D eigenvalue weighted by molar-refractivity contribution is 7.14. The van der Waals surface area contributed by atoms with E-state index in [1.165, 1.54) is 10.1 Å². The standard InChI is InChI=1S/C10H8N2S/c1-7-6-12-10(11-7)8-4-2-3-5-9(8)13-12/h2-6H,1H3. The fourth-order valence-corrected chi connectivity index (χ4v) is 2.60. The number of hydrogen-bond acceptors (Lipinski definition) is 2. The summed E-state index contributed by atoms with van der Waals surface area (Å²) in [6.45, 7) is 2.02.